The van der Waals surface area contributed by atoms with Crippen LogP contribution < -0.4 is 11.1 Å². The lowest BCUT2D eigenvalue weighted by atomic mass is 9.86. The van der Waals surface area contributed by atoms with Crippen molar-refractivity contribution in [1.82, 2.24) is 5.32 Å². The van der Waals surface area contributed by atoms with Gasteiger partial charge in [0.05, 0.1) is 25.6 Å². The average molecular weight is 298 g/mol. The van der Waals surface area contributed by atoms with Gasteiger partial charge in [-0.05, 0) is 16.9 Å². The topological polar surface area (TPSA) is 81.4 Å². The number of carbonyl (C=O) groups is 2. The Morgan fingerprint density at radius 1 is 1.45 bits per heavy atom. The average Bonchev–Trinajstić information content (AvgIpc) is 2.89. The summed E-state index contributed by atoms with van der Waals surface area (Å²) in [7, 11) is 1.33. The quantitative estimate of drug-likeness (QED) is 0.813. The van der Waals surface area contributed by atoms with Crippen LogP contribution in [0.5, 0.6) is 0 Å². The second kappa shape index (κ2) is 6.85. The zero-order valence-electron chi connectivity index (χ0n) is 12.3. The molecule has 0 fully saturated rings. The van der Waals surface area contributed by atoms with Gasteiger partial charge in [-0.3, -0.25) is 9.59 Å². The fourth-order valence-electron chi connectivity index (χ4n) is 1.62. The van der Waals surface area contributed by atoms with Crippen molar-refractivity contribution >= 4 is 23.2 Å². The molecule has 0 aliphatic rings. The van der Waals surface area contributed by atoms with Crippen molar-refractivity contribution in [2.75, 3.05) is 7.11 Å². The monoisotopic (exact) mass is 298 g/mol. The van der Waals surface area contributed by atoms with Gasteiger partial charge in [0.25, 0.3) is 0 Å². The van der Waals surface area contributed by atoms with Crippen LogP contribution in [-0.4, -0.2) is 25.0 Å². The van der Waals surface area contributed by atoms with Gasteiger partial charge in [0.15, 0.2) is 0 Å². The molecule has 1 aromatic rings. The first-order valence-electron chi connectivity index (χ1n) is 6.42. The van der Waals surface area contributed by atoms with Gasteiger partial charge in [0.2, 0.25) is 5.91 Å². The van der Waals surface area contributed by atoms with Crippen molar-refractivity contribution in [3.63, 3.8) is 0 Å². The molecule has 0 aliphatic heterocycles. The fourth-order valence-corrected chi connectivity index (χ4v) is 2.40. The zero-order valence-corrected chi connectivity index (χ0v) is 13.1. The Labute approximate surface area is 123 Å². The number of esters is 1. The molecular weight excluding hydrogens is 276 g/mol. The van der Waals surface area contributed by atoms with E-state index in [4.69, 9.17) is 5.73 Å². The summed E-state index contributed by atoms with van der Waals surface area (Å²) in [5, 5.41) is 4.73. The van der Waals surface area contributed by atoms with Crippen LogP contribution in [0.2, 0.25) is 0 Å². The second-order valence-corrected chi connectivity index (χ2v) is 6.68. The van der Waals surface area contributed by atoms with E-state index >= 15 is 0 Å². The molecule has 1 heterocycles. The normalized spacial score (nSPS) is 14.4. The highest BCUT2D eigenvalue weighted by Crippen LogP contribution is 2.24. The lowest BCUT2D eigenvalue weighted by molar-refractivity contribution is -0.141. The number of thiophene rings is 1. The fraction of sp³-hybridized carbons (Fsp3) is 0.571. The predicted molar refractivity (Wildman–Crippen MR) is 79.3 cm³/mol. The standard InChI is InChI=1S/C14H22N2O3S/c1-14(2,3)12(15)13(18)16-9(8-11(17)19-4)10-6-5-7-20-10/h5-7,9,12H,8,15H2,1-4H3,(H,16,18)/t9?,12-/m1/s1. The molecule has 0 saturated carbocycles. The van der Waals surface area contributed by atoms with E-state index in [1.54, 1.807) is 0 Å². The Kier molecular flexibility index (Phi) is 5.71. The Morgan fingerprint density at radius 2 is 2.10 bits per heavy atom. The molecule has 6 heteroatoms. The SMILES string of the molecule is COC(=O)CC(NC(=O)[C@@H](N)C(C)(C)C)c1cccs1. The van der Waals surface area contributed by atoms with Gasteiger partial charge in [0.1, 0.15) is 0 Å². The molecule has 1 aromatic heterocycles. The van der Waals surface area contributed by atoms with Gasteiger partial charge in [0, 0.05) is 4.88 Å². The highest BCUT2D eigenvalue weighted by molar-refractivity contribution is 7.10. The van der Waals surface area contributed by atoms with Crippen LogP contribution in [0, 0.1) is 5.41 Å². The minimum Gasteiger partial charge on any atom is -0.469 e. The van der Waals surface area contributed by atoms with Crippen LogP contribution in [0.3, 0.4) is 0 Å². The van der Waals surface area contributed by atoms with Gasteiger partial charge in [-0.1, -0.05) is 26.8 Å². The summed E-state index contributed by atoms with van der Waals surface area (Å²) in [6.45, 7) is 5.70. The number of amides is 1. The second-order valence-electron chi connectivity index (χ2n) is 5.70. The molecule has 0 saturated heterocycles. The molecule has 0 aliphatic carbocycles. The number of nitrogens with two attached hydrogens (primary N) is 1. The van der Waals surface area contributed by atoms with Gasteiger partial charge in [-0.25, -0.2) is 0 Å². The van der Waals surface area contributed by atoms with Crippen molar-refractivity contribution in [1.29, 1.82) is 0 Å². The predicted octanol–water partition coefficient (Wildman–Crippen LogP) is 1.84. The van der Waals surface area contributed by atoms with Crippen molar-refractivity contribution in [3.05, 3.63) is 22.4 Å². The van der Waals surface area contributed by atoms with Gasteiger partial charge in [-0.2, -0.15) is 0 Å². The van der Waals surface area contributed by atoms with E-state index in [2.05, 4.69) is 10.1 Å². The molecule has 0 radical (unpaired) electrons. The summed E-state index contributed by atoms with van der Waals surface area (Å²) in [4.78, 5) is 24.6. The third-order valence-electron chi connectivity index (χ3n) is 3.02. The molecule has 3 N–H and O–H groups in total. The van der Waals surface area contributed by atoms with E-state index < -0.39 is 12.1 Å². The molecule has 1 unspecified atom stereocenters. The third-order valence-corrected chi connectivity index (χ3v) is 4.00. The molecule has 5 nitrogen and oxygen atoms in total. The Morgan fingerprint density at radius 3 is 2.55 bits per heavy atom. The Balaban J connectivity index is 2.80. The van der Waals surface area contributed by atoms with Crippen LogP contribution in [0.25, 0.3) is 0 Å². The van der Waals surface area contributed by atoms with E-state index in [9.17, 15) is 9.59 Å². The first kappa shape index (κ1) is 16.7. The summed E-state index contributed by atoms with van der Waals surface area (Å²) in [6, 6.07) is 2.72. The van der Waals surface area contributed by atoms with E-state index in [0.717, 1.165) is 4.88 Å². The van der Waals surface area contributed by atoms with E-state index in [0.29, 0.717) is 0 Å². The van der Waals surface area contributed by atoms with E-state index in [1.165, 1.54) is 18.4 Å². The minimum atomic E-state index is -0.636. The molecule has 2 atom stereocenters. The van der Waals surface area contributed by atoms with Crippen LogP contribution in [-0.2, 0) is 14.3 Å². The first-order valence-corrected chi connectivity index (χ1v) is 7.30. The lowest BCUT2D eigenvalue weighted by Gasteiger charge is -2.27. The number of methoxy groups -OCH3 is 1. The maximum atomic E-state index is 12.2. The van der Waals surface area contributed by atoms with Crippen molar-refractivity contribution in [2.45, 2.75) is 39.3 Å². The van der Waals surface area contributed by atoms with Crippen molar-refractivity contribution in [3.8, 4) is 0 Å². The summed E-state index contributed by atoms with van der Waals surface area (Å²) in [5.41, 5.74) is 5.60. The summed E-state index contributed by atoms with van der Waals surface area (Å²) < 4.78 is 4.67. The number of rotatable bonds is 5. The van der Waals surface area contributed by atoms with Crippen LogP contribution >= 0.6 is 11.3 Å². The Bertz CT molecular complexity index is 451. The molecule has 112 valence electrons. The largest absolute Gasteiger partial charge is 0.469 e. The summed E-state index contributed by atoms with van der Waals surface area (Å²) >= 11 is 1.48. The van der Waals surface area contributed by atoms with Gasteiger partial charge in [-0.15, -0.1) is 11.3 Å². The molecule has 1 rings (SSSR count). The van der Waals surface area contributed by atoms with Gasteiger partial charge < -0.3 is 15.8 Å². The molecule has 0 spiro atoms. The van der Waals surface area contributed by atoms with Crippen LogP contribution in [0.1, 0.15) is 38.1 Å². The Hall–Kier alpha value is -1.40. The van der Waals surface area contributed by atoms with Crippen LogP contribution in [0.15, 0.2) is 17.5 Å². The molecule has 20 heavy (non-hydrogen) atoms. The minimum absolute atomic E-state index is 0.0968. The maximum absolute atomic E-state index is 12.2. The first-order chi connectivity index (χ1) is 9.25. The highest BCUT2D eigenvalue weighted by atomic mass is 32.1. The number of carbonyl (C=O) groups excluding carboxylic acids is 2. The molecular formula is C14H22N2O3S. The highest BCUT2D eigenvalue weighted by Gasteiger charge is 2.30. The number of ether oxygens (including phenoxy) is 1. The zero-order chi connectivity index (χ0) is 15.3. The summed E-state index contributed by atoms with van der Waals surface area (Å²) in [6.07, 6.45) is 0.0968. The van der Waals surface area contributed by atoms with E-state index in [1.807, 2.05) is 38.3 Å². The van der Waals surface area contributed by atoms with E-state index in [-0.39, 0.29) is 23.7 Å². The lowest BCUT2D eigenvalue weighted by Crippen LogP contribution is -2.49. The smallest absolute Gasteiger partial charge is 0.307 e. The number of hydrogen-bond donors (Lipinski definition) is 2. The molecule has 0 aromatic carbocycles. The molecule has 0 bridgehead atoms. The molecule has 1 amide bonds. The summed E-state index contributed by atoms with van der Waals surface area (Å²) in [5.74, 6) is -0.632. The van der Waals surface area contributed by atoms with Gasteiger partial charge >= 0.3 is 5.97 Å². The van der Waals surface area contributed by atoms with Crippen molar-refractivity contribution in [2.24, 2.45) is 11.1 Å². The van der Waals surface area contributed by atoms with Crippen LogP contribution in [0.4, 0.5) is 0 Å². The third kappa shape index (κ3) is 4.61. The number of nitrogens with one attached hydrogen (secondary N) is 1. The number of hydrogen-bond acceptors (Lipinski definition) is 5. The van der Waals surface area contributed by atoms with Crippen molar-refractivity contribution < 1.29 is 14.3 Å². The maximum Gasteiger partial charge on any atom is 0.307 e.